The molecule has 136 valence electrons. The predicted octanol–water partition coefficient (Wildman–Crippen LogP) is -1.10. The van der Waals surface area contributed by atoms with Crippen molar-refractivity contribution in [2.45, 2.75) is 52.1 Å². The van der Waals surface area contributed by atoms with Crippen molar-refractivity contribution in [3.05, 3.63) is 0 Å². The zero-order valence-corrected chi connectivity index (χ0v) is 13.7. The Balaban J connectivity index is 5.79. The van der Waals surface area contributed by atoms with Crippen LogP contribution in [0.4, 0.5) is 0 Å². The smallest absolute Gasteiger partial charge is 0.303 e. The third-order valence-electron chi connectivity index (χ3n) is 2.55. The van der Waals surface area contributed by atoms with Gasteiger partial charge >= 0.3 is 23.9 Å². The minimum absolute atomic E-state index is 0.160. The first kappa shape index (κ1) is 21.5. The van der Waals surface area contributed by atoms with Crippen molar-refractivity contribution in [3.63, 3.8) is 0 Å². The van der Waals surface area contributed by atoms with Gasteiger partial charge in [0.25, 0.3) is 0 Å². The molecule has 0 unspecified atom stereocenters. The number of aliphatic hydroxyl groups excluding tert-OH is 1. The van der Waals surface area contributed by atoms with Crippen molar-refractivity contribution < 1.29 is 48.0 Å². The SMILES string of the molecule is CC(=O)O[C@H]([C@H](OC(C)=O)[C@@H](C=O)OC(C)=O)[C@H](CO)OC(C)=O. The van der Waals surface area contributed by atoms with Crippen molar-refractivity contribution in [1.82, 2.24) is 0 Å². The van der Waals surface area contributed by atoms with Gasteiger partial charge in [-0.05, 0) is 0 Å². The highest BCUT2D eigenvalue weighted by Gasteiger charge is 2.43. The molecule has 0 aliphatic carbocycles. The van der Waals surface area contributed by atoms with Gasteiger partial charge in [-0.3, -0.25) is 24.0 Å². The number of aldehydes is 1. The highest BCUT2D eigenvalue weighted by atomic mass is 16.6. The Labute approximate surface area is 138 Å². The van der Waals surface area contributed by atoms with Gasteiger partial charge in [-0.2, -0.15) is 0 Å². The standard InChI is InChI=1S/C14H20O10/c1-7(17)21-11(5-15)13(23-9(3)19)14(24-10(4)20)12(6-16)22-8(2)18/h5,11-14,16H,6H2,1-4H3/t11-,12+,13-,14+/m1/s1. The molecular weight excluding hydrogens is 328 g/mol. The largest absolute Gasteiger partial charge is 0.456 e. The molecule has 0 heterocycles. The van der Waals surface area contributed by atoms with Crippen LogP contribution < -0.4 is 0 Å². The molecule has 24 heavy (non-hydrogen) atoms. The molecule has 1 N–H and O–H groups in total. The summed E-state index contributed by atoms with van der Waals surface area (Å²) in [5.74, 6) is -3.42. The Hall–Kier alpha value is -2.49. The summed E-state index contributed by atoms with van der Waals surface area (Å²) in [5, 5.41) is 9.37. The first-order valence-electron chi connectivity index (χ1n) is 6.87. The molecule has 4 atom stereocenters. The normalized spacial score (nSPS) is 15.2. The maximum absolute atomic E-state index is 11.3. The Kier molecular flexibility index (Phi) is 9.25. The van der Waals surface area contributed by atoms with Crippen LogP contribution in [0.25, 0.3) is 0 Å². The first-order valence-corrected chi connectivity index (χ1v) is 6.87. The third kappa shape index (κ3) is 7.68. The van der Waals surface area contributed by atoms with Crippen molar-refractivity contribution in [2.24, 2.45) is 0 Å². The van der Waals surface area contributed by atoms with Crippen LogP contribution in [0.2, 0.25) is 0 Å². The number of hydrogen-bond donors (Lipinski definition) is 1. The summed E-state index contributed by atoms with van der Waals surface area (Å²) in [7, 11) is 0. The molecular formula is C14H20O10. The van der Waals surface area contributed by atoms with E-state index < -0.39 is 54.9 Å². The Bertz CT molecular complexity index is 486. The highest BCUT2D eigenvalue weighted by Crippen LogP contribution is 2.18. The number of hydrogen-bond acceptors (Lipinski definition) is 10. The van der Waals surface area contributed by atoms with E-state index in [4.69, 9.17) is 18.9 Å². The van der Waals surface area contributed by atoms with E-state index >= 15 is 0 Å². The Morgan fingerprint density at radius 3 is 1.54 bits per heavy atom. The lowest BCUT2D eigenvalue weighted by atomic mass is 10.0. The van der Waals surface area contributed by atoms with Crippen molar-refractivity contribution in [3.8, 4) is 0 Å². The van der Waals surface area contributed by atoms with E-state index in [2.05, 4.69) is 0 Å². The molecule has 0 aromatic rings. The summed E-state index contributed by atoms with van der Waals surface area (Å²) >= 11 is 0. The van der Waals surface area contributed by atoms with Crippen LogP contribution in [0.5, 0.6) is 0 Å². The second kappa shape index (κ2) is 10.3. The van der Waals surface area contributed by atoms with Crippen LogP contribution in [0.1, 0.15) is 27.7 Å². The highest BCUT2D eigenvalue weighted by molar-refractivity contribution is 5.72. The van der Waals surface area contributed by atoms with Gasteiger partial charge in [-0.15, -0.1) is 0 Å². The summed E-state index contributed by atoms with van der Waals surface area (Å²) in [5.41, 5.74) is 0. The van der Waals surface area contributed by atoms with Gasteiger partial charge in [0, 0.05) is 27.7 Å². The van der Waals surface area contributed by atoms with E-state index in [1.807, 2.05) is 0 Å². The topological polar surface area (TPSA) is 142 Å². The molecule has 0 aromatic heterocycles. The molecule has 0 aromatic carbocycles. The lowest BCUT2D eigenvalue weighted by Crippen LogP contribution is -2.53. The molecule has 0 saturated heterocycles. The second-order valence-corrected chi connectivity index (χ2v) is 4.69. The third-order valence-corrected chi connectivity index (χ3v) is 2.55. The lowest BCUT2D eigenvalue weighted by Gasteiger charge is -2.33. The van der Waals surface area contributed by atoms with E-state index in [1.165, 1.54) is 0 Å². The number of carbonyl (C=O) groups excluding carboxylic acids is 5. The van der Waals surface area contributed by atoms with Crippen molar-refractivity contribution >= 4 is 30.2 Å². The molecule has 10 nitrogen and oxygen atoms in total. The number of rotatable bonds is 9. The molecule has 0 aliphatic heterocycles. The zero-order chi connectivity index (χ0) is 18.9. The van der Waals surface area contributed by atoms with E-state index in [1.54, 1.807) is 0 Å². The first-order chi connectivity index (χ1) is 11.1. The molecule has 0 fully saturated rings. The maximum atomic E-state index is 11.3. The number of carbonyl (C=O) groups is 5. The minimum atomic E-state index is -1.64. The average Bonchev–Trinajstić information content (AvgIpc) is 2.45. The Morgan fingerprint density at radius 2 is 1.21 bits per heavy atom. The lowest BCUT2D eigenvalue weighted by molar-refractivity contribution is -0.199. The molecule has 0 amide bonds. The van der Waals surface area contributed by atoms with Gasteiger partial charge in [0.15, 0.2) is 30.7 Å². The van der Waals surface area contributed by atoms with E-state index in [0.717, 1.165) is 27.7 Å². The summed E-state index contributed by atoms with van der Waals surface area (Å²) in [6.07, 6.45) is -6.12. The second-order valence-electron chi connectivity index (χ2n) is 4.69. The summed E-state index contributed by atoms with van der Waals surface area (Å²) in [6, 6.07) is 0. The molecule has 10 heteroatoms. The fraction of sp³-hybridized carbons (Fsp3) is 0.643. The van der Waals surface area contributed by atoms with Crippen LogP contribution in [-0.2, 0) is 42.9 Å². The van der Waals surface area contributed by atoms with E-state index in [9.17, 15) is 29.1 Å². The van der Waals surface area contributed by atoms with E-state index in [0.29, 0.717) is 0 Å². The quantitative estimate of drug-likeness (QED) is 0.310. The number of esters is 4. The summed E-state index contributed by atoms with van der Waals surface area (Å²) in [4.78, 5) is 56.0. The molecule has 0 rings (SSSR count). The molecule has 0 saturated carbocycles. The van der Waals surface area contributed by atoms with Crippen LogP contribution in [0, 0.1) is 0 Å². The van der Waals surface area contributed by atoms with Gasteiger partial charge < -0.3 is 24.1 Å². The zero-order valence-electron chi connectivity index (χ0n) is 13.7. The van der Waals surface area contributed by atoms with Crippen LogP contribution >= 0.6 is 0 Å². The summed E-state index contributed by atoms with van der Waals surface area (Å²) < 4.78 is 19.4. The van der Waals surface area contributed by atoms with Crippen LogP contribution in [0.3, 0.4) is 0 Å². The predicted molar refractivity (Wildman–Crippen MR) is 75.4 cm³/mol. The van der Waals surface area contributed by atoms with E-state index in [-0.39, 0.29) is 6.29 Å². The summed E-state index contributed by atoms with van der Waals surface area (Å²) in [6.45, 7) is 3.27. The average molecular weight is 348 g/mol. The monoisotopic (exact) mass is 348 g/mol. The van der Waals surface area contributed by atoms with Gasteiger partial charge in [0.05, 0.1) is 6.61 Å². The van der Waals surface area contributed by atoms with Gasteiger partial charge in [0.2, 0.25) is 0 Å². The van der Waals surface area contributed by atoms with Gasteiger partial charge in [-0.25, -0.2) is 0 Å². The molecule has 0 spiro atoms. The molecule has 0 aliphatic rings. The minimum Gasteiger partial charge on any atom is -0.456 e. The van der Waals surface area contributed by atoms with Gasteiger partial charge in [-0.1, -0.05) is 0 Å². The molecule has 0 radical (unpaired) electrons. The Morgan fingerprint density at radius 1 is 0.792 bits per heavy atom. The number of ether oxygens (including phenoxy) is 4. The van der Waals surface area contributed by atoms with Gasteiger partial charge in [0.1, 0.15) is 0 Å². The van der Waals surface area contributed by atoms with Crippen LogP contribution in [0.15, 0.2) is 0 Å². The maximum Gasteiger partial charge on any atom is 0.303 e. The number of aliphatic hydroxyl groups is 1. The van der Waals surface area contributed by atoms with Crippen molar-refractivity contribution in [2.75, 3.05) is 6.61 Å². The van der Waals surface area contributed by atoms with Crippen LogP contribution in [-0.4, -0.2) is 66.3 Å². The fourth-order valence-electron chi connectivity index (χ4n) is 1.84. The molecule has 0 bridgehead atoms. The fourth-order valence-corrected chi connectivity index (χ4v) is 1.84. The van der Waals surface area contributed by atoms with Crippen molar-refractivity contribution in [1.29, 1.82) is 0 Å².